The lowest BCUT2D eigenvalue weighted by atomic mass is 9.44. The van der Waals surface area contributed by atoms with Crippen LogP contribution in [0.3, 0.4) is 0 Å². The number of benzene rings is 1. The van der Waals surface area contributed by atoms with Gasteiger partial charge in [-0.05, 0) is 31.4 Å². The van der Waals surface area contributed by atoms with Gasteiger partial charge in [-0.25, -0.2) is 14.4 Å². The van der Waals surface area contributed by atoms with E-state index in [4.69, 9.17) is 16.3 Å². The van der Waals surface area contributed by atoms with Gasteiger partial charge in [-0.2, -0.15) is 8.78 Å². The molecule has 1 aromatic carbocycles. The molecule has 12 heteroatoms. The van der Waals surface area contributed by atoms with E-state index in [2.05, 4.69) is 20.6 Å². The first kappa shape index (κ1) is 22.1. The molecule has 0 atom stereocenters. The van der Waals surface area contributed by atoms with E-state index in [-0.39, 0.29) is 29.0 Å². The first-order valence-corrected chi connectivity index (χ1v) is 10.6. The highest BCUT2D eigenvalue weighted by Crippen LogP contribution is 2.60. The number of amides is 2. The molecule has 1 heterocycles. The summed E-state index contributed by atoms with van der Waals surface area (Å²) in [6.45, 7) is -0.286. The zero-order valence-corrected chi connectivity index (χ0v) is 18.6. The molecule has 2 aromatic rings. The number of rotatable bonds is 7. The number of nitrogens with zero attached hydrogens (tertiary/aromatic N) is 2. The molecule has 3 aliphatic rings. The summed E-state index contributed by atoms with van der Waals surface area (Å²) in [5.74, 6) is -1.33. The zero-order chi connectivity index (χ0) is 22.4. The van der Waals surface area contributed by atoms with Crippen molar-refractivity contribution in [1.29, 1.82) is 0 Å². The summed E-state index contributed by atoms with van der Waals surface area (Å²) in [5.41, 5.74) is -1.47. The molecule has 3 aliphatic carbocycles. The van der Waals surface area contributed by atoms with Crippen LogP contribution in [0.25, 0.3) is 0 Å². The summed E-state index contributed by atoms with van der Waals surface area (Å²) < 4.78 is 41.9. The Balaban J connectivity index is 1.24. The normalized spacial score (nSPS) is 23.9. The van der Waals surface area contributed by atoms with Crippen LogP contribution in [0.5, 0.6) is 5.75 Å². The van der Waals surface area contributed by atoms with Crippen molar-refractivity contribution in [2.75, 3.05) is 6.61 Å². The van der Waals surface area contributed by atoms with Crippen molar-refractivity contribution in [1.82, 2.24) is 20.6 Å². The van der Waals surface area contributed by atoms with Crippen molar-refractivity contribution < 1.29 is 27.5 Å². The Morgan fingerprint density at radius 3 is 2.42 bits per heavy atom. The highest BCUT2D eigenvalue weighted by atomic mass is 127. The van der Waals surface area contributed by atoms with Gasteiger partial charge in [-0.15, -0.1) is 0 Å². The fraction of sp³-hybridized carbons (Fsp3) is 0.368. The van der Waals surface area contributed by atoms with Crippen molar-refractivity contribution >= 4 is 46.0 Å². The molecule has 1 aromatic heterocycles. The summed E-state index contributed by atoms with van der Waals surface area (Å²) in [7, 11) is 0. The Hall–Kier alpha value is -2.15. The molecule has 0 radical (unpaired) electrons. The van der Waals surface area contributed by atoms with Gasteiger partial charge < -0.3 is 15.4 Å². The third-order valence-electron chi connectivity index (χ3n) is 5.25. The van der Waals surface area contributed by atoms with Crippen molar-refractivity contribution in [3.63, 3.8) is 0 Å². The van der Waals surface area contributed by atoms with Crippen LogP contribution in [0.1, 0.15) is 35.4 Å². The fourth-order valence-electron chi connectivity index (χ4n) is 4.00. The number of ether oxygens (including phenoxy) is 1. The molecule has 2 N–H and O–H groups in total. The molecule has 0 unspecified atom stereocenters. The van der Waals surface area contributed by atoms with E-state index >= 15 is 0 Å². The molecule has 2 bridgehead atoms. The van der Waals surface area contributed by atoms with Gasteiger partial charge in [0.25, 0.3) is 11.8 Å². The number of nitrogens with one attached hydrogen (secondary N) is 2. The molecule has 164 valence electrons. The summed E-state index contributed by atoms with van der Waals surface area (Å²) in [6, 6.07) is 3.89. The van der Waals surface area contributed by atoms with Crippen molar-refractivity contribution in [3.8, 4) is 5.75 Å². The van der Waals surface area contributed by atoms with E-state index in [0.717, 1.165) is 41.1 Å². The Labute approximate surface area is 193 Å². The SMILES string of the molecule is O=C(COc1ccc(Cl)c(F)c1)NC12CC(NC(=O)c3cnc(C(F)(F)I)cn3)(C1)C2. The van der Waals surface area contributed by atoms with Gasteiger partial charge in [-0.1, -0.05) is 11.6 Å². The van der Waals surface area contributed by atoms with Gasteiger partial charge in [-0.3, -0.25) is 9.59 Å². The predicted molar refractivity (Wildman–Crippen MR) is 112 cm³/mol. The molecule has 0 spiro atoms. The highest BCUT2D eigenvalue weighted by molar-refractivity contribution is 14.1. The minimum absolute atomic E-state index is 0.0390. The number of carbonyl (C=O) groups excluding carboxylic acids is 2. The van der Waals surface area contributed by atoms with E-state index < -0.39 is 32.4 Å². The molecule has 5 rings (SSSR count). The van der Waals surface area contributed by atoms with Crippen LogP contribution in [-0.4, -0.2) is 39.5 Å². The van der Waals surface area contributed by atoms with Crippen LogP contribution >= 0.6 is 34.2 Å². The van der Waals surface area contributed by atoms with Gasteiger partial charge in [0.2, 0.25) is 0 Å². The van der Waals surface area contributed by atoms with E-state index in [1.165, 1.54) is 12.1 Å². The third kappa shape index (κ3) is 4.56. The van der Waals surface area contributed by atoms with Crippen LogP contribution in [-0.2, 0) is 8.72 Å². The van der Waals surface area contributed by atoms with E-state index in [9.17, 15) is 22.8 Å². The van der Waals surface area contributed by atoms with Crippen molar-refractivity contribution in [2.45, 2.75) is 34.3 Å². The number of aromatic nitrogens is 2. The molecule has 3 saturated carbocycles. The second kappa shape index (κ2) is 7.76. The topological polar surface area (TPSA) is 93.2 Å². The quantitative estimate of drug-likeness (QED) is 0.396. The summed E-state index contributed by atoms with van der Waals surface area (Å²) in [4.78, 5) is 31.8. The van der Waals surface area contributed by atoms with E-state index in [1.807, 2.05) is 0 Å². The first-order chi connectivity index (χ1) is 14.5. The second-order valence-corrected chi connectivity index (χ2v) is 9.50. The number of halogens is 5. The summed E-state index contributed by atoms with van der Waals surface area (Å²) in [5, 5.41) is 5.66. The summed E-state index contributed by atoms with van der Waals surface area (Å²) in [6.07, 6.45) is 3.48. The molecular weight excluding hydrogens is 552 g/mol. The summed E-state index contributed by atoms with van der Waals surface area (Å²) >= 11 is 6.53. The van der Waals surface area contributed by atoms with Gasteiger partial charge >= 0.3 is 3.93 Å². The molecule has 0 saturated heterocycles. The highest BCUT2D eigenvalue weighted by Gasteiger charge is 2.69. The monoisotopic (exact) mass is 566 g/mol. The van der Waals surface area contributed by atoms with Crippen LogP contribution < -0.4 is 15.4 Å². The predicted octanol–water partition coefficient (Wildman–Crippen LogP) is 3.35. The molecule has 3 fully saturated rings. The number of carbonyl (C=O) groups is 2. The number of alkyl halides is 3. The average Bonchev–Trinajstić information content (AvgIpc) is 2.65. The lowest BCUT2D eigenvalue weighted by molar-refractivity contribution is -0.141. The first-order valence-electron chi connectivity index (χ1n) is 9.10. The average molecular weight is 567 g/mol. The Morgan fingerprint density at radius 2 is 1.84 bits per heavy atom. The lowest BCUT2D eigenvalue weighted by Crippen LogP contribution is -2.84. The van der Waals surface area contributed by atoms with Crippen LogP contribution in [0, 0.1) is 5.82 Å². The Bertz CT molecular complexity index is 1030. The zero-order valence-electron chi connectivity index (χ0n) is 15.7. The standard InChI is InChI=1S/C19H15ClF3IN4O3/c20-11-2-1-10(3-12(11)21)31-6-15(29)27-17-7-18(8-17,9-17)28-16(30)13-4-26-14(5-25-13)19(22,23)24/h1-5H,6-9H2,(H,27,29)(H,28,30). The van der Waals surface area contributed by atoms with Gasteiger partial charge in [0.05, 0.1) is 17.4 Å². The maximum Gasteiger partial charge on any atom is 0.339 e. The number of hydrogen-bond acceptors (Lipinski definition) is 5. The maximum absolute atomic E-state index is 13.4. The Morgan fingerprint density at radius 1 is 1.16 bits per heavy atom. The lowest BCUT2D eigenvalue weighted by Gasteiger charge is -2.70. The van der Waals surface area contributed by atoms with E-state index in [1.54, 1.807) is 0 Å². The van der Waals surface area contributed by atoms with Crippen molar-refractivity contribution in [2.24, 2.45) is 0 Å². The van der Waals surface area contributed by atoms with Gasteiger partial charge in [0.15, 0.2) is 6.61 Å². The van der Waals surface area contributed by atoms with E-state index in [0.29, 0.717) is 19.3 Å². The maximum atomic E-state index is 13.4. The van der Waals surface area contributed by atoms with Crippen LogP contribution in [0.15, 0.2) is 30.6 Å². The number of hydrogen-bond donors (Lipinski definition) is 2. The van der Waals surface area contributed by atoms with Crippen LogP contribution in [0.4, 0.5) is 13.2 Å². The van der Waals surface area contributed by atoms with Gasteiger partial charge in [0.1, 0.15) is 23.0 Å². The van der Waals surface area contributed by atoms with Gasteiger partial charge in [0, 0.05) is 39.7 Å². The fourth-order valence-corrected chi connectivity index (χ4v) is 4.39. The molecule has 0 aliphatic heterocycles. The minimum Gasteiger partial charge on any atom is -0.484 e. The second-order valence-electron chi connectivity index (χ2n) is 7.74. The third-order valence-corrected chi connectivity index (χ3v) is 6.11. The molecule has 7 nitrogen and oxygen atoms in total. The molecular formula is C19H15ClF3IN4O3. The molecule has 31 heavy (non-hydrogen) atoms. The molecule has 2 amide bonds. The van der Waals surface area contributed by atoms with Crippen molar-refractivity contribution in [3.05, 3.63) is 52.8 Å². The minimum atomic E-state index is -3.16. The largest absolute Gasteiger partial charge is 0.484 e. The smallest absolute Gasteiger partial charge is 0.339 e. The van der Waals surface area contributed by atoms with Crippen LogP contribution in [0.2, 0.25) is 5.02 Å². The Kier molecular flexibility index (Phi) is 5.53.